The number of esters is 1. The standard InChI is InChI=1S/C20H21NO3S/c1-14(24-19(22)10-9-15-11-12-25-13-15)20(23)21-18-8-4-6-16-5-2-3-7-17(16)18/h2-3,5,7,9-14,18H,4,6,8H2,1H3,(H,21,23)/b10-9+/t14-,18+/m0/s1. The molecule has 1 aromatic carbocycles. The van der Waals surface area contributed by atoms with E-state index in [1.54, 1.807) is 24.3 Å². The van der Waals surface area contributed by atoms with E-state index in [0.29, 0.717) is 0 Å². The Morgan fingerprint density at radius 2 is 2.16 bits per heavy atom. The first-order valence-electron chi connectivity index (χ1n) is 8.42. The highest BCUT2D eigenvalue weighted by atomic mass is 32.1. The van der Waals surface area contributed by atoms with E-state index in [1.165, 1.54) is 11.6 Å². The fourth-order valence-electron chi connectivity index (χ4n) is 2.99. The summed E-state index contributed by atoms with van der Waals surface area (Å²) in [4.78, 5) is 24.2. The van der Waals surface area contributed by atoms with E-state index in [4.69, 9.17) is 4.74 Å². The Morgan fingerprint density at radius 1 is 1.32 bits per heavy atom. The number of hydrogen-bond acceptors (Lipinski definition) is 4. The van der Waals surface area contributed by atoms with Crippen molar-refractivity contribution in [1.82, 2.24) is 5.32 Å². The lowest BCUT2D eigenvalue weighted by Gasteiger charge is -2.27. The minimum atomic E-state index is -0.825. The first-order valence-corrected chi connectivity index (χ1v) is 9.37. The molecule has 1 N–H and O–H groups in total. The molecular weight excluding hydrogens is 334 g/mol. The molecule has 2 aromatic rings. The molecule has 130 valence electrons. The number of carbonyl (C=O) groups is 2. The van der Waals surface area contributed by atoms with Crippen molar-refractivity contribution >= 4 is 29.3 Å². The predicted molar refractivity (Wildman–Crippen MR) is 99.2 cm³/mol. The molecule has 1 aliphatic rings. The molecule has 0 aliphatic heterocycles. The molecule has 0 saturated carbocycles. The van der Waals surface area contributed by atoms with Crippen molar-refractivity contribution in [1.29, 1.82) is 0 Å². The minimum absolute atomic E-state index is 0.0139. The summed E-state index contributed by atoms with van der Waals surface area (Å²) in [5.41, 5.74) is 3.39. The van der Waals surface area contributed by atoms with Crippen molar-refractivity contribution in [3.63, 3.8) is 0 Å². The smallest absolute Gasteiger partial charge is 0.331 e. The van der Waals surface area contributed by atoms with Gasteiger partial charge in [-0.15, -0.1) is 0 Å². The highest BCUT2D eigenvalue weighted by Gasteiger charge is 2.24. The van der Waals surface area contributed by atoms with Gasteiger partial charge in [0.15, 0.2) is 6.10 Å². The molecule has 0 unspecified atom stereocenters. The second-order valence-electron chi connectivity index (χ2n) is 6.12. The first kappa shape index (κ1) is 17.4. The van der Waals surface area contributed by atoms with Crippen LogP contribution in [0.4, 0.5) is 0 Å². The van der Waals surface area contributed by atoms with Gasteiger partial charge in [-0.2, -0.15) is 11.3 Å². The minimum Gasteiger partial charge on any atom is -0.449 e. The molecule has 0 fully saturated rings. The molecule has 2 atom stereocenters. The Hall–Kier alpha value is -2.40. The highest BCUT2D eigenvalue weighted by molar-refractivity contribution is 7.08. The quantitative estimate of drug-likeness (QED) is 0.654. The molecule has 0 saturated heterocycles. The van der Waals surface area contributed by atoms with Gasteiger partial charge in [0.05, 0.1) is 6.04 Å². The van der Waals surface area contributed by atoms with Crippen molar-refractivity contribution in [2.75, 3.05) is 0 Å². The lowest BCUT2D eigenvalue weighted by Crippen LogP contribution is -2.39. The molecule has 1 aromatic heterocycles. The van der Waals surface area contributed by atoms with Crippen LogP contribution in [-0.2, 0) is 20.7 Å². The van der Waals surface area contributed by atoms with E-state index in [0.717, 1.165) is 30.4 Å². The monoisotopic (exact) mass is 355 g/mol. The van der Waals surface area contributed by atoms with Gasteiger partial charge in [-0.3, -0.25) is 4.79 Å². The van der Waals surface area contributed by atoms with Gasteiger partial charge in [0, 0.05) is 6.08 Å². The van der Waals surface area contributed by atoms with Crippen LogP contribution in [0.3, 0.4) is 0 Å². The van der Waals surface area contributed by atoms with Crippen LogP contribution in [0.1, 0.15) is 42.5 Å². The predicted octanol–water partition coefficient (Wildman–Crippen LogP) is 3.89. The third-order valence-corrected chi connectivity index (χ3v) is 5.00. The highest BCUT2D eigenvalue weighted by Crippen LogP contribution is 2.29. The number of rotatable bonds is 5. The number of benzene rings is 1. The van der Waals surface area contributed by atoms with Crippen LogP contribution in [0.15, 0.2) is 47.2 Å². The van der Waals surface area contributed by atoms with Gasteiger partial charge in [0.2, 0.25) is 0 Å². The molecule has 1 amide bonds. The third kappa shape index (κ3) is 4.57. The van der Waals surface area contributed by atoms with Gasteiger partial charge < -0.3 is 10.1 Å². The zero-order valence-corrected chi connectivity index (χ0v) is 14.9. The molecule has 0 radical (unpaired) electrons. The van der Waals surface area contributed by atoms with Gasteiger partial charge in [0.1, 0.15) is 0 Å². The van der Waals surface area contributed by atoms with E-state index >= 15 is 0 Å². The van der Waals surface area contributed by atoms with Gasteiger partial charge in [-0.25, -0.2) is 4.79 Å². The summed E-state index contributed by atoms with van der Waals surface area (Å²) in [7, 11) is 0. The summed E-state index contributed by atoms with van der Waals surface area (Å²) in [6, 6.07) is 10.1. The maximum absolute atomic E-state index is 12.4. The summed E-state index contributed by atoms with van der Waals surface area (Å²) in [5, 5.41) is 6.88. The number of aryl methyl sites for hydroxylation is 1. The molecule has 0 spiro atoms. The largest absolute Gasteiger partial charge is 0.449 e. The van der Waals surface area contributed by atoms with E-state index in [1.807, 2.05) is 29.0 Å². The summed E-state index contributed by atoms with van der Waals surface area (Å²) >= 11 is 1.56. The van der Waals surface area contributed by atoms with Crippen LogP contribution in [0, 0.1) is 0 Å². The van der Waals surface area contributed by atoms with Crippen molar-refractivity contribution in [3.8, 4) is 0 Å². The lowest BCUT2D eigenvalue weighted by atomic mass is 9.87. The zero-order valence-electron chi connectivity index (χ0n) is 14.1. The molecule has 3 rings (SSSR count). The molecular formula is C20H21NO3S. The Labute approximate surface area is 151 Å². The topological polar surface area (TPSA) is 55.4 Å². The second-order valence-corrected chi connectivity index (χ2v) is 6.90. The first-order chi connectivity index (χ1) is 12.1. The maximum Gasteiger partial charge on any atom is 0.331 e. The van der Waals surface area contributed by atoms with E-state index < -0.39 is 12.1 Å². The number of ether oxygens (including phenoxy) is 1. The second kappa shape index (κ2) is 8.12. The summed E-state index contributed by atoms with van der Waals surface area (Å²) < 4.78 is 5.21. The summed E-state index contributed by atoms with van der Waals surface area (Å²) in [5.74, 6) is -0.781. The summed E-state index contributed by atoms with van der Waals surface area (Å²) in [6.45, 7) is 1.60. The van der Waals surface area contributed by atoms with Crippen LogP contribution < -0.4 is 5.32 Å². The van der Waals surface area contributed by atoms with Crippen LogP contribution in [0.5, 0.6) is 0 Å². The van der Waals surface area contributed by atoms with Crippen LogP contribution in [-0.4, -0.2) is 18.0 Å². The molecule has 25 heavy (non-hydrogen) atoms. The van der Waals surface area contributed by atoms with Gasteiger partial charge in [0.25, 0.3) is 5.91 Å². The Balaban J connectivity index is 1.55. The van der Waals surface area contributed by atoms with Crippen molar-refractivity contribution < 1.29 is 14.3 Å². The lowest BCUT2D eigenvalue weighted by molar-refractivity contribution is -0.150. The van der Waals surface area contributed by atoms with Crippen LogP contribution in [0.25, 0.3) is 6.08 Å². The maximum atomic E-state index is 12.4. The van der Waals surface area contributed by atoms with E-state index in [9.17, 15) is 9.59 Å². The average Bonchev–Trinajstić information content (AvgIpc) is 3.14. The van der Waals surface area contributed by atoms with Gasteiger partial charge in [-0.05, 0) is 65.8 Å². The molecule has 4 nitrogen and oxygen atoms in total. The Bertz CT molecular complexity index is 767. The van der Waals surface area contributed by atoms with Crippen molar-refractivity contribution in [3.05, 3.63) is 63.9 Å². The van der Waals surface area contributed by atoms with E-state index in [2.05, 4.69) is 17.4 Å². The number of fused-ring (bicyclic) bond motifs is 1. The SMILES string of the molecule is C[C@H](OC(=O)/C=C/c1ccsc1)C(=O)N[C@@H]1CCCc2ccccc21. The molecule has 1 heterocycles. The fraction of sp³-hybridized carbons (Fsp3) is 0.300. The zero-order chi connectivity index (χ0) is 17.6. The number of carbonyl (C=O) groups excluding carboxylic acids is 2. The van der Waals surface area contributed by atoms with Crippen molar-refractivity contribution in [2.24, 2.45) is 0 Å². The van der Waals surface area contributed by atoms with Gasteiger partial charge >= 0.3 is 5.97 Å². The molecule has 1 aliphatic carbocycles. The Kier molecular flexibility index (Phi) is 5.66. The number of amides is 1. The van der Waals surface area contributed by atoms with Crippen LogP contribution in [0.2, 0.25) is 0 Å². The van der Waals surface area contributed by atoms with Gasteiger partial charge in [-0.1, -0.05) is 24.3 Å². The summed E-state index contributed by atoms with van der Waals surface area (Å²) in [6.07, 6.45) is 5.19. The number of hydrogen-bond donors (Lipinski definition) is 1. The molecule has 0 bridgehead atoms. The van der Waals surface area contributed by atoms with Crippen LogP contribution >= 0.6 is 11.3 Å². The fourth-order valence-corrected chi connectivity index (χ4v) is 3.62. The third-order valence-electron chi connectivity index (χ3n) is 4.30. The molecule has 5 heteroatoms. The Morgan fingerprint density at radius 3 is 2.96 bits per heavy atom. The normalized spacial score (nSPS) is 17.7. The van der Waals surface area contributed by atoms with E-state index in [-0.39, 0.29) is 11.9 Å². The average molecular weight is 355 g/mol. The van der Waals surface area contributed by atoms with Crippen molar-refractivity contribution in [2.45, 2.75) is 38.3 Å². The number of nitrogens with one attached hydrogen (secondary N) is 1. The number of thiophene rings is 1.